The van der Waals surface area contributed by atoms with Crippen LogP contribution < -0.4 is 20.5 Å². The van der Waals surface area contributed by atoms with Crippen LogP contribution in [-0.4, -0.2) is 4.57 Å². The second-order valence-electron chi connectivity index (χ2n) is 6.50. The molecular weight excluding hydrogens is 437 g/mol. The van der Waals surface area contributed by atoms with E-state index in [1.54, 1.807) is 36.4 Å². The lowest BCUT2D eigenvalue weighted by atomic mass is 9.84. The van der Waals surface area contributed by atoms with Crippen LogP contribution >= 0.6 is 34.5 Å². The maximum Gasteiger partial charge on any atom is 0.274 e. The van der Waals surface area contributed by atoms with Crippen LogP contribution in [0.25, 0.3) is 17.5 Å². The summed E-state index contributed by atoms with van der Waals surface area (Å²) in [5, 5.41) is 11.0. The highest BCUT2D eigenvalue weighted by molar-refractivity contribution is 7.07. The van der Waals surface area contributed by atoms with Gasteiger partial charge in [0.25, 0.3) is 5.56 Å². The first-order valence-electron chi connectivity index (χ1n) is 8.81. The second-order valence-corrected chi connectivity index (χ2v) is 8.35. The van der Waals surface area contributed by atoms with Crippen LogP contribution in [0.3, 0.4) is 0 Å². The molecule has 0 amide bonds. The van der Waals surface area contributed by atoms with E-state index in [4.69, 9.17) is 35.4 Å². The maximum atomic E-state index is 13.1. The van der Waals surface area contributed by atoms with E-state index in [1.165, 1.54) is 15.9 Å². The fraction of sp³-hybridized carbons (Fsp3) is 0.0435. The number of nitrogens with two attached hydrogens (primary N) is 1. The average Bonchev–Trinajstić information content (AvgIpc) is 3.06. The number of thiazole rings is 1. The van der Waals surface area contributed by atoms with Crippen LogP contribution in [-0.2, 0) is 0 Å². The predicted molar refractivity (Wildman–Crippen MR) is 122 cm³/mol. The molecular formula is C23H13Cl2N3OS. The molecule has 0 bridgehead atoms. The molecule has 2 heterocycles. The number of rotatable bonds is 2. The summed E-state index contributed by atoms with van der Waals surface area (Å²) in [6, 6.07) is 16.5. The Morgan fingerprint density at radius 1 is 1.10 bits per heavy atom. The molecule has 2 N–H and O–H groups in total. The molecule has 0 aliphatic carbocycles. The number of nitriles is 1. The molecule has 4 rings (SSSR count). The van der Waals surface area contributed by atoms with Crippen LogP contribution in [0.15, 0.2) is 58.9 Å². The Hall–Kier alpha value is -3.22. The normalized spacial score (nSPS) is 16.2. The first kappa shape index (κ1) is 20.1. The molecule has 1 aliphatic rings. The number of hydrogen-bond acceptors (Lipinski definition) is 4. The fourth-order valence-corrected chi connectivity index (χ4v) is 4.99. The zero-order valence-electron chi connectivity index (χ0n) is 15.4. The van der Waals surface area contributed by atoms with E-state index in [0.29, 0.717) is 41.5 Å². The number of allylic oxidation sites excluding steroid dienone is 1. The lowest BCUT2D eigenvalue weighted by Gasteiger charge is -2.23. The van der Waals surface area contributed by atoms with E-state index in [0.717, 1.165) is 0 Å². The lowest BCUT2D eigenvalue weighted by Crippen LogP contribution is -2.38. The van der Waals surface area contributed by atoms with Gasteiger partial charge in [0.1, 0.15) is 10.5 Å². The van der Waals surface area contributed by atoms with E-state index < -0.39 is 5.92 Å². The lowest BCUT2D eigenvalue weighted by molar-refractivity contribution is 0.909. The minimum Gasteiger partial charge on any atom is -0.384 e. The van der Waals surface area contributed by atoms with Crippen LogP contribution in [0.4, 0.5) is 0 Å². The van der Waals surface area contributed by atoms with Crippen molar-refractivity contribution in [2.24, 2.45) is 5.73 Å². The van der Waals surface area contributed by atoms with Crippen molar-refractivity contribution in [1.82, 2.24) is 4.57 Å². The summed E-state index contributed by atoms with van der Waals surface area (Å²) in [4.78, 5) is 13.1. The van der Waals surface area contributed by atoms with Crippen molar-refractivity contribution < 1.29 is 0 Å². The minimum atomic E-state index is -0.625. The zero-order chi connectivity index (χ0) is 21.4. The van der Waals surface area contributed by atoms with Crippen molar-refractivity contribution in [2.75, 3.05) is 0 Å². The van der Waals surface area contributed by atoms with Gasteiger partial charge >= 0.3 is 0 Å². The highest BCUT2D eigenvalue weighted by Gasteiger charge is 2.32. The highest BCUT2D eigenvalue weighted by Crippen LogP contribution is 2.38. The van der Waals surface area contributed by atoms with Crippen molar-refractivity contribution in [3.63, 3.8) is 0 Å². The molecule has 1 unspecified atom stereocenters. The Morgan fingerprint density at radius 2 is 1.77 bits per heavy atom. The molecule has 1 aliphatic heterocycles. The second kappa shape index (κ2) is 7.89. The quantitative estimate of drug-likeness (QED) is 0.610. The molecule has 3 aromatic rings. The maximum absolute atomic E-state index is 13.1. The molecule has 0 fully saturated rings. The molecule has 0 spiro atoms. The predicted octanol–water partition coefficient (Wildman–Crippen LogP) is 3.28. The van der Waals surface area contributed by atoms with Crippen molar-refractivity contribution >= 4 is 52.0 Å². The van der Waals surface area contributed by atoms with Crippen molar-refractivity contribution in [3.05, 3.63) is 94.8 Å². The number of aromatic nitrogens is 1. The van der Waals surface area contributed by atoms with E-state index >= 15 is 0 Å². The van der Waals surface area contributed by atoms with Crippen LogP contribution in [0.1, 0.15) is 17.0 Å². The summed E-state index contributed by atoms with van der Waals surface area (Å²) in [5.74, 6) is 2.06. The van der Waals surface area contributed by atoms with Crippen LogP contribution in [0, 0.1) is 23.7 Å². The Balaban J connectivity index is 2.10. The summed E-state index contributed by atoms with van der Waals surface area (Å²) in [6.07, 6.45) is 7.44. The van der Waals surface area contributed by atoms with Crippen LogP contribution in [0.5, 0.6) is 0 Å². The largest absolute Gasteiger partial charge is 0.384 e. The van der Waals surface area contributed by atoms with Gasteiger partial charge in [-0.1, -0.05) is 65.5 Å². The number of benzene rings is 2. The summed E-state index contributed by atoms with van der Waals surface area (Å²) in [7, 11) is 0. The van der Waals surface area contributed by atoms with Gasteiger partial charge in [-0.2, -0.15) is 5.26 Å². The smallest absolute Gasteiger partial charge is 0.274 e. The average molecular weight is 450 g/mol. The third kappa shape index (κ3) is 3.14. The van der Waals surface area contributed by atoms with E-state index in [2.05, 4.69) is 12.0 Å². The van der Waals surface area contributed by atoms with Crippen LogP contribution in [0.2, 0.25) is 10.0 Å². The zero-order valence-corrected chi connectivity index (χ0v) is 17.7. The van der Waals surface area contributed by atoms with Gasteiger partial charge in [-0.15, -0.1) is 17.8 Å². The summed E-state index contributed by atoms with van der Waals surface area (Å²) in [6.45, 7) is 0. The molecule has 2 aromatic carbocycles. The molecule has 0 saturated heterocycles. The first-order valence-corrected chi connectivity index (χ1v) is 10.4. The summed E-state index contributed by atoms with van der Waals surface area (Å²) < 4.78 is 2.13. The molecule has 0 saturated carbocycles. The number of nitrogens with zero attached hydrogens (tertiary/aromatic N) is 2. The highest BCUT2D eigenvalue weighted by atomic mass is 35.5. The topological polar surface area (TPSA) is 71.8 Å². The Kier molecular flexibility index (Phi) is 5.28. The van der Waals surface area contributed by atoms with Crippen molar-refractivity contribution in [1.29, 1.82) is 5.26 Å². The molecule has 0 radical (unpaired) electrons. The number of terminal acetylenes is 1. The fourth-order valence-electron chi connectivity index (χ4n) is 3.44. The molecule has 146 valence electrons. The van der Waals surface area contributed by atoms with E-state index in [-0.39, 0.29) is 11.4 Å². The number of hydrogen-bond donors (Lipinski definition) is 1. The SMILES string of the molecule is C#CC1=C(N)n2c(s/c(=C\c3ccccc3Cl)c2=O)=C(C#N)C1c1ccccc1Cl. The number of fused-ring (bicyclic) bond motifs is 1. The van der Waals surface area contributed by atoms with E-state index in [9.17, 15) is 10.1 Å². The third-order valence-electron chi connectivity index (χ3n) is 4.83. The molecule has 1 atom stereocenters. The Bertz CT molecular complexity index is 1480. The van der Waals surface area contributed by atoms with Gasteiger partial charge in [0.05, 0.1) is 27.7 Å². The summed E-state index contributed by atoms with van der Waals surface area (Å²) >= 11 is 13.8. The van der Waals surface area contributed by atoms with Gasteiger partial charge < -0.3 is 5.73 Å². The van der Waals surface area contributed by atoms with Crippen molar-refractivity contribution in [2.45, 2.75) is 5.92 Å². The Labute approximate surface area is 186 Å². The van der Waals surface area contributed by atoms with Gasteiger partial charge in [-0.05, 0) is 29.3 Å². The molecule has 30 heavy (non-hydrogen) atoms. The first-order chi connectivity index (χ1) is 14.5. The van der Waals surface area contributed by atoms with Gasteiger partial charge in [0, 0.05) is 10.0 Å². The third-order valence-corrected chi connectivity index (χ3v) is 6.63. The van der Waals surface area contributed by atoms with E-state index in [1.807, 2.05) is 18.2 Å². The molecule has 4 nitrogen and oxygen atoms in total. The Morgan fingerprint density at radius 3 is 2.40 bits per heavy atom. The monoisotopic (exact) mass is 449 g/mol. The van der Waals surface area contributed by atoms with Crippen molar-refractivity contribution in [3.8, 4) is 18.4 Å². The van der Waals surface area contributed by atoms with Gasteiger partial charge in [-0.3, -0.25) is 9.36 Å². The van der Waals surface area contributed by atoms with Gasteiger partial charge in [-0.25, -0.2) is 0 Å². The minimum absolute atomic E-state index is 0.122. The molecule has 1 aromatic heterocycles. The molecule has 7 heteroatoms. The van der Waals surface area contributed by atoms with Gasteiger partial charge in [0.15, 0.2) is 0 Å². The standard InChI is InChI=1S/C23H13Cl2N3OS/c1-2-14-20(15-8-4-6-10-18(15)25)16(12-26)23-28(21(14)27)22(29)19(30-23)11-13-7-3-5-9-17(13)24/h1,3-11,20H,27H2/b19-11-. The van der Waals surface area contributed by atoms with Gasteiger partial charge in [0.2, 0.25) is 0 Å². The summed E-state index contributed by atoms with van der Waals surface area (Å²) in [5.41, 5.74) is 7.99. The number of halogens is 2.